The Balaban J connectivity index is 1.74. The van der Waals surface area contributed by atoms with Gasteiger partial charge in [0.15, 0.2) is 5.78 Å². The number of hydrogen-bond acceptors (Lipinski definition) is 5. The van der Waals surface area contributed by atoms with Gasteiger partial charge in [-0.15, -0.1) is 11.3 Å². The topological polar surface area (TPSA) is 55.8 Å². The normalized spacial score (nSPS) is 15.8. The lowest BCUT2D eigenvalue weighted by Gasteiger charge is -2.35. The van der Waals surface area contributed by atoms with Crippen LogP contribution in [0.3, 0.4) is 0 Å². The van der Waals surface area contributed by atoms with Crippen LogP contribution in [-0.4, -0.2) is 19.0 Å². The van der Waals surface area contributed by atoms with Gasteiger partial charge in [-0.2, -0.15) is 0 Å². The van der Waals surface area contributed by atoms with E-state index >= 15 is 0 Å². The largest absolute Gasteiger partial charge is 0.497 e. The first-order chi connectivity index (χ1) is 13.2. The Morgan fingerprint density at radius 2 is 1.89 bits per heavy atom. The van der Waals surface area contributed by atoms with Crippen LogP contribution in [0.5, 0.6) is 11.5 Å². The number of anilines is 1. The summed E-state index contributed by atoms with van der Waals surface area (Å²) < 4.78 is 10.7. The van der Waals surface area contributed by atoms with Gasteiger partial charge >= 0.3 is 6.09 Å². The highest BCUT2D eigenvalue weighted by Crippen LogP contribution is 2.40. The average Bonchev–Trinajstić information content (AvgIpc) is 3.23. The van der Waals surface area contributed by atoms with E-state index in [9.17, 15) is 9.59 Å². The Morgan fingerprint density at radius 3 is 2.59 bits per heavy atom. The highest BCUT2D eigenvalue weighted by atomic mass is 32.1. The molecule has 0 spiro atoms. The molecule has 0 aliphatic carbocycles. The van der Waals surface area contributed by atoms with E-state index in [1.807, 2.05) is 29.6 Å². The fourth-order valence-electron chi connectivity index (χ4n) is 3.20. The number of methoxy groups -OCH3 is 1. The SMILES string of the molecule is COc1ccc(N2C(=O)Oc3ccccc3C2CC(=O)c2cccs2)cc1. The average molecular weight is 379 g/mol. The molecular formula is C21H17NO4S. The van der Waals surface area contributed by atoms with Crippen LogP contribution in [0.4, 0.5) is 10.5 Å². The third-order valence-electron chi connectivity index (χ3n) is 4.51. The second kappa shape index (κ2) is 7.25. The van der Waals surface area contributed by atoms with Crippen molar-refractivity contribution in [2.75, 3.05) is 12.0 Å². The van der Waals surface area contributed by atoms with Gasteiger partial charge in [-0.25, -0.2) is 4.79 Å². The Labute approximate surface area is 160 Å². The van der Waals surface area contributed by atoms with Crippen molar-refractivity contribution in [1.82, 2.24) is 0 Å². The summed E-state index contributed by atoms with van der Waals surface area (Å²) in [5.41, 5.74) is 1.47. The summed E-state index contributed by atoms with van der Waals surface area (Å²) in [5.74, 6) is 1.19. The van der Waals surface area contributed by atoms with Gasteiger partial charge in [-0.05, 0) is 41.8 Å². The van der Waals surface area contributed by atoms with Crippen LogP contribution in [-0.2, 0) is 0 Å². The predicted octanol–water partition coefficient (Wildman–Crippen LogP) is 5.09. The quantitative estimate of drug-likeness (QED) is 0.580. The van der Waals surface area contributed by atoms with Gasteiger partial charge in [-0.3, -0.25) is 9.69 Å². The van der Waals surface area contributed by atoms with Gasteiger partial charge in [0.25, 0.3) is 0 Å². The molecule has 2 heterocycles. The fraction of sp³-hybridized carbons (Fsp3) is 0.143. The summed E-state index contributed by atoms with van der Waals surface area (Å²) in [6.45, 7) is 0. The molecule has 2 aromatic carbocycles. The Kier molecular flexibility index (Phi) is 4.64. The molecule has 1 unspecified atom stereocenters. The lowest BCUT2D eigenvalue weighted by Crippen LogP contribution is -2.41. The molecule has 27 heavy (non-hydrogen) atoms. The van der Waals surface area contributed by atoms with Crippen LogP contribution in [0.15, 0.2) is 66.0 Å². The zero-order chi connectivity index (χ0) is 18.8. The first-order valence-corrected chi connectivity index (χ1v) is 9.36. The Bertz CT molecular complexity index is 966. The molecule has 1 atom stereocenters. The fourth-order valence-corrected chi connectivity index (χ4v) is 3.88. The number of amides is 1. The monoisotopic (exact) mass is 379 g/mol. The summed E-state index contributed by atoms with van der Waals surface area (Å²) in [7, 11) is 1.59. The van der Waals surface area contributed by atoms with Crippen molar-refractivity contribution in [3.05, 3.63) is 76.5 Å². The van der Waals surface area contributed by atoms with Crippen molar-refractivity contribution >= 4 is 28.9 Å². The lowest BCUT2D eigenvalue weighted by molar-refractivity contribution is 0.0975. The first-order valence-electron chi connectivity index (χ1n) is 8.48. The van der Waals surface area contributed by atoms with E-state index in [-0.39, 0.29) is 12.2 Å². The van der Waals surface area contributed by atoms with Crippen LogP contribution in [0.2, 0.25) is 0 Å². The third kappa shape index (κ3) is 3.31. The smallest absolute Gasteiger partial charge is 0.420 e. The van der Waals surface area contributed by atoms with E-state index in [0.29, 0.717) is 22.1 Å². The predicted molar refractivity (Wildman–Crippen MR) is 104 cm³/mol. The molecule has 4 rings (SSSR count). The van der Waals surface area contributed by atoms with Crippen molar-refractivity contribution in [3.8, 4) is 11.5 Å². The first kappa shape index (κ1) is 17.3. The molecule has 136 valence electrons. The van der Waals surface area contributed by atoms with Gasteiger partial charge in [0, 0.05) is 17.7 Å². The van der Waals surface area contributed by atoms with Crippen LogP contribution < -0.4 is 14.4 Å². The Morgan fingerprint density at radius 1 is 1.11 bits per heavy atom. The number of Topliss-reactive ketones (excluding diaryl/α,β-unsaturated/α-hetero) is 1. The minimum Gasteiger partial charge on any atom is -0.497 e. The maximum Gasteiger partial charge on any atom is 0.420 e. The zero-order valence-electron chi connectivity index (χ0n) is 14.6. The van der Waals surface area contributed by atoms with E-state index in [2.05, 4.69) is 0 Å². The molecule has 0 saturated carbocycles. The number of para-hydroxylation sites is 1. The number of carbonyl (C=O) groups excluding carboxylic acids is 2. The number of nitrogens with zero attached hydrogens (tertiary/aromatic N) is 1. The van der Waals surface area contributed by atoms with Crippen molar-refractivity contribution in [1.29, 1.82) is 0 Å². The number of ketones is 1. The van der Waals surface area contributed by atoms with E-state index in [0.717, 1.165) is 5.56 Å². The van der Waals surface area contributed by atoms with Crippen LogP contribution in [0, 0.1) is 0 Å². The number of thiophene rings is 1. The molecule has 0 N–H and O–H groups in total. The lowest BCUT2D eigenvalue weighted by atomic mass is 9.96. The number of carbonyl (C=O) groups is 2. The maximum atomic E-state index is 12.8. The molecule has 0 radical (unpaired) electrons. The molecule has 1 aromatic heterocycles. The van der Waals surface area contributed by atoms with Gasteiger partial charge in [0.2, 0.25) is 0 Å². The number of benzene rings is 2. The van der Waals surface area contributed by atoms with Gasteiger partial charge < -0.3 is 9.47 Å². The summed E-state index contributed by atoms with van der Waals surface area (Å²) >= 11 is 1.40. The minimum absolute atomic E-state index is 0.00184. The number of fused-ring (bicyclic) bond motifs is 1. The van der Waals surface area contributed by atoms with E-state index < -0.39 is 12.1 Å². The molecule has 1 aliphatic rings. The van der Waals surface area contributed by atoms with E-state index in [1.54, 1.807) is 43.5 Å². The Hall–Kier alpha value is -3.12. The third-order valence-corrected chi connectivity index (χ3v) is 5.42. The number of hydrogen-bond donors (Lipinski definition) is 0. The molecule has 1 aliphatic heterocycles. The molecule has 0 fully saturated rings. The summed E-state index contributed by atoms with van der Waals surface area (Å²) in [6, 6.07) is 17.7. The molecule has 3 aromatic rings. The van der Waals surface area contributed by atoms with Gasteiger partial charge in [-0.1, -0.05) is 24.3 Å². The van der Waals surface area contributed by atoms with Crippen molar-refractivity contribution in [2.24, 2.45) is 0 Å². The summed E-state index contributed by atoms with van der Waals surface area (Å²) in [4.78, 5) is 27.8. The van der Waals surface area contributed by atoms with Gasteiger partial charge in [0.1, 0.15) is 11.5 Å². The summed E-state index contributed by atoms with van der Waals surface area (Å²) in [5, 5.41) is 1.87. The van der Waals surface area contributed by atoms with Crippen molar-refractivity contribution in [3.63, 3.8) is 0 Å². The molecule has 0 bridgehead atoms. The van der Waals surface area contributed by atoms with Crippen LogP contribution >= 0.6 is 11.3 Å². The van der Waals surface area contributed by atoms with E-state index in [4.69, 9.17) is 9.47 Å². The zero-order valence-corrected chi connectivity index (χ0v) is 15.4. The molecule has 6 heteroatoms. The molecular weight excluding hydrogens is 362 g/mol. The number of ether oxygens (including phenoxy) is 2. The van der Waals surface area contributed by atoms with Crippen molar-refractivity contribution in [2.45, 2.75) is 12.5 Å². The van der Waals surface area contributed by atoms with Crippen LogP contribution in [0.1, 0.15) is 27.7 Å². The maximum absolute atomic E-state index is 12.8. The number of rotatable bonds is 5. The second-order valence-electron chi connectivity index (χ2n) is 6.09. The molecule has 5 nitrogen and oxygen atoms in total. The summed E-state index contributed by atoms with van der Waals surface area (Å²) in [6.07, 6.45) is -0.318. The standard InChI is InChI=1S/C21H17NO4S/c1-25-15-10-8-14(9-11-15)22-17(13-18(23)20-7-4-12-27-20)16-5-2-3-6-19(16)26-21(22)24/h2-12,17H,13H2,1H3. The van der Waals surface area contributed by atoms with Gasteiger partial charge in [0.05, 0.1) is 18.0 Å². The minimum atomic E-state index is -0.497. The van der Waals surface area contributed by atoms with Crippen LogP contribution in [0.25, 0.3) is 0 Å². The van der Waals surface area contributed by atoms with Crippen molar-refractivity contribution < 1.29 is 19.1 Å². The highest BCUT2D eigenvalue weighted by Gasteiger charge is 2.36. The highest BCUT2D eigenvalue weighted by molar-refractivity contribution is 7.12. The second-order valence-corrected chi connectivity index (χ2v) is 7.04. The van der Waals surface area contributed by atoms with E-state index in [1.165, 1.54) is 16.2 Å². The molecule has 1 amide bonds. The molecule has 0 saturated heterocycles.